The van der Waals surface area contributed by atoms with Crippen molar-refractivity contribution < 1.29 is 0 Å². The first-order chi connectivity index (χ1) is 28.2. The number of hydrogen-bond donors (Lipinski definition) is 0. The van der Waals surface area contributed by atoms with Crippen molar-refractivity contribution in [1.82, 2.24) is 15.0 Å². The fourth-order valence-electron chi connectivity index (χ4n) is 6.30. The molecule has 0 aliphatic carbocycles. The molecule has 0 saturated carbocycles. The van der Waals surface area contributed by atoms with Gasteiger partial charge < -0.3 is 0 Å². The highest BCUT2D eigenvalue weighted by Crippen LogP contribution is 2.47. The van der Waals surface area contributed by atoms with Crippen LogP contribution in [-0.4, -0.2) is 15.0 Å². The van der Waals surface area contributed by atoms with Crippen LogP contribution in [0.3, 0.4) is 0 Å². The van der Waals surface area contributed by atoms with Gasteiger partial charge in [-0.2, -0.15) is 40.9 Å². The van der Waals surface area contributed by atoms with Gasteiger partial charge in [0.15, 0.2) is 0 Å². The number of hydrogen-bond acceptors (Lipinski definition) is 11. The van der Waals surface area contributed by atoms with Gasteiger partial charge in [0, 0.05) is 37.2 Å². The molecule has 0 bridgehead atoms. The van der Waals surface area contributed by atoms with E-state index in [1.165, 1.54) is 0 Å². The van der Waals surface area contributed by atoms with Gasteiger partial charge in [-0.15, -0.1) is 0 Å². The first kappa shape index (κ1) is 36.0. The molecule has 0 fully saturated rings. The van der Waals surface area contributed by atoms with Crippen molar-refractivity contribution in [3.8, 4) is 0 Å². The van der Waals surface area contributed by atoms with E-state index in [0.29, 0.717) is 17.1 Å². The summed E-state index contributed by atoms with van der Waals surface area (Å²) in [5.41, 5.74) is 8.97. The second-order valence-corrected chi connectivity index (χ2v) is 12.7. The van der Waals surface area contributed by atoms with Gasteiger partial charge in [0.25, 0.3) is 0 Å². The Morgan fingerprint density at radius 1 is 0.228 bits per heavy atom. The maximum absolute atomic E-state index is 4.53. The average Bonchev–Trinajstić information content (AvgIpc) is 3.29. The third-order valence-corrected chi connectivity index (χ3v) is 9.07. The number of nitrogens with zero attached hydrogens (tertiary/aromatic N) is 11. The van der Waals surface area contributed by atoms with Gasteiger partial charge in [-0.1, -0.05) is 66.7 Å². The zero-order valence-corrected chi connectivity index (χ0v) is 30.5. The molecule has 0 atom stereocenters. The molecule has 8 rings (SSSR count). The van der Waals surface area contributed by atoms with Gasteiger partial charge in [0.2, 0.25) is 0 Å². The number of pyridine rings is 3. The van der Waals surface area contributed by atoms with Gasteiger partial charge in [-0.25, -0.2) is 0 Å². The first-order valence-corrected chi connectivity index (χ1v) is 18.1. The lowest BCUT2D eigenvalue weighted by molar-refractivity contribution is 0.745. The standard InChI is InChI=1S/C46H33N11/c1-2-4-38(5-3-1)50-51-39-14-6-34(7-15-39)46(35-8-16-40(17-9-35)52-55-43-22-28-47-29-23-43,36-10-18-41(19-11-36)53-56-44-24-30-48-31-25-44)37-12-20-42(21-13-37)54-57-45-26-32-49-33-27-45/h1-33H. The molecule has 0 N–H and O–H groups in total. The number of rotatable bonds is 12. The lowest BCUT2D eigenvalue weighted by Gasteiger charge is -2.37. The summed E-state index contributed by atoms with van der Waals surface area (Å²) in [5.74, 6) is 0. The second kappa shape index (κ2) is 17.4. The Kier molecular flexibility index (Phi) is 11.0. The third kappa shape index (κ3) is 8.69. The molecule has 11 heteroatoms. The highest BCUT2D eigenvalue weighted by atomic mass is 15.1. The topological polar surface area (TPSA) is 138 Å². The van der Waals surface area contributed by atoms with Crippen LogP contribution < -0.4 is 0 Å². The van der Waals surface area contributed by atoms with Crippen molar-refractivity contribution in [2.75, 3.05) is 0 Å². The Bertz CT molecular complexity index is 2240. The molecule has 0 radical (unpaired) electrons. The van der Waals surface area contributed by atoms with Crippen LogP contribution in [0.15, 0.2) is 242 Å². The molecule has 0 aliphatic rings. The molecular formula is C46H33N11. The minimum atomic E-state index is -0.822. The lowest BCUT2D eigenvalue weighted by Crippen LogP contribution is -2.30. The number of aromatic nitrogens is 3. The SMILES string of the molecule is c1ccc(N=Nc2ccc(C(c3ccc(N=Nc4ccncc4)cc3)(c3ccc(N=Nc4ccncc4)cc3)c3ccc(N=Nc4ccncc4)cc3)cc2)cc1. The van der Waals surface area contributed by atoms with E-state index >= 15 is 0 Å². The maximum atomic E-state index is 4.53. The molecular weight excluding hydrogens is 707 g/mol. The average molecular weight is 740 g/mol. The van der Waals surface area contributed by atoms with Crippen LogP contribution in [0.5, 0.6) is 0 Å². The minimum Gasteiger partial charge on any atom is -0.265 e. The molecule has 0 unspecified atom stereocenters. The van der Waals surface area contributed by atoms with Crippen molar-refractivity contribution in [3.63, 3.8) is 0 Å². The smallest absolute Gasteiger partial charge is 0.0887 e. The third-order valence-electron chi connectivity index (χ3n) is 9.07. The van der Waals surface area contributed by atoms with Crippen LogP contribution in [0, 0.1) is 0 Å². The van der Waals surface area contributed by atoms with E-state index in [1.54, 1.807) is 37.2 Å². The Hall–Kier alpha value is -8.05. The molecule has 0 spiro atoms. The fourth-order valence-corrected chi connectivity index (χ4v) is 6.30. The predicted molar refractivity (Wildman–Crippen MR) is 221 cm³/mol. The summed E-state index contributed by atoms with van der Waals surface area (Å²) < 4.78 is 0. The zero-order valence-electron chi connectivity index (χ0n) is 30.5. The Morgan fingerprint density at radius 2 is 0.439 bits per heavy atom. The number of benzene rings is 5. The van der Waals surface area contributed by atoms with E-state index in [4.69, 9.17) is 0 Å². The summed E-state index contributed by atoms with van der Waals surface area (Å²) in [5, 5.41) is 35.7. The molecule has 0 aliphatic heterocycles. The highest BCUT2D eigenvalue weighted by Gasteiger charge is 2.38. The molecule has 5 aromatic carbocycles. The van der Waals surface area contributed by atoms with Gasteiger partial charge in [-0.3, -0.25) is 15.0 Å². The van der Waals surface area contributed by atoms with Crippen LogP contribution in [-0.2, 0) is 5.41 Å². The van der Waals surface area contributed by atoms with Crippen molar-refractivity contribution >= 4 is 45.5 Å². The summed E-state index contributed by atoms with van der Waals surface area (Å²) in [6, 6.07) is 53.2. The summed E-state index contributed by atoms with van der Waals surface area (Å²) in [6.45, 7) is 0. The highest BCUT2D eigenvalue weighted by molar-refractivity contribution is 5.64. The van der Waals surface area contributed by atoms with Crippen molar-refractivity contribution in [2.45, 2.75) is 5.41 Å². The monoisotopic (exact) mass is 739 g/mol. The maximum Gasteiger partial charge on any atom is 0.0887 e. The summed E-state index contributed by atoms with van der Waals surface area (Å²) in [7, 11) is 0. The largest absolute Gasteiger partial charge is 0.265 e. The van der Waals surface area contributed by atoms with Gasteiger partial charge in [-0.05, 0) is 119 Å². The lowest BCUT2D eigenvalue weighted by atomic mass is 9.65. The van der Waals surface area contributed by atoms with Gasteiger partial charge in [0.1, 0.15) is 0 Å². The quantitative estimate of drug-likeness (QED) is 0.0910. The zero-order chi connectivity index (χ0) is 38.5. The van der Waals surface area contributed by atoms with Crippen molar-refractivity contribution in [2.24, 2.45) is 40.9 Å². The Morgan fingerprint density at radius 3 is 0.684 bits per heavy atom. The molecule has 11 nitrogen and oxygen atoms in total. The molecule has 0 saturated heterocycles. The van der Waals surface area contributed by atoms with Crippen LogP contribution >= 0.6 is 0 Å². The molecule has 8 aromatic rings. The van der Waals surface area contributed by atoms with E-state index in [1.807, 2.05) is 115 Å². The van der Waals surface area contributed by atoms with Crippen LogP contribution in [0.4, 0.5) is 45.5 Å². The summed E-state index contributed by atoms with van der Waals surface area (Å²) in [6.07, 6.45) is 10.2. The molecule has 272 valence electrons. The number of azo groups is 4. The minimum absolute atomic E-state index is 0.708. The predicted octanol–water partition coefficient (Wildman–Crippen LogP) is 13.9. The first-order valence-electron chi connectivity index (χ1n) is 18.1. The van der Waals surface area contributed by atoms with E-state index in [2.05, 4.69) is 104 Å². The fraction of sp³-hybridized carbons (Fsp3) is 0.0217. The van der Waals surface area contributed by atoms with Crippen LogP contribution in [0.25, 0.3) is 0 Å². The van der Waals surface area contributed by atoms with Gasteiger partial charge in [0.05, 0.1) is 50.9 Å². The normalized spacial score (nSPS) is 12.8. The van der Waals surface area contributed by atoms with Crippen LogP contribution in [0.2, 0.25) is 0 Å². The summed E-state index contributed by atoms with van der Waals surface area (Å²) in [4.78, 5) is 12.2. The van der Waals surface area contributed by atoms with E-state index in [0.717, 1.165) is 50.7 Å². The molecule has 0 amide bonds. The van der Waals surface area contributed by atoms with Gasteiger partial charge >= 0.3 is 0 Å². The molecule has 3 heterocycles. The molecule has 3 aromatic heterocycles. The second-order valence-electron chi connectivity index (χ2n) is 12.7. The van der Waals surface area contributed by atoms with Crippen LogP contribution in [0.1, 0.15) is 22.3 Å². The van der Waals surface area contributed by atoms with Crippen molar-refractivity contribution in [1.29, 1.82) is 0 Å². The van der Waals surface area contributed by atoms with Crippen molar-refractivity contribution in [3.05, 3.63) is 223 Å². The summed E-state index contributed by atoms with van der Waals surface area (Å²) >= 11 is 0. The van der Waals surface area contributed by atoms with E-state index in [9.17, 15) is 0 Å². The van der Waals surface area contributed by atoms with E-state index in [-0.39, 0.29) is 0 Å². The Balaban J connectivity index is 1.25. The van der Waals surface area contributed by atoms with E-state index < -0.39 is 5.41 Å². The Labute approximate surface area is 329 Å². The molecule has 57 heavy (non-hydrogen) atoms.